The van der Waals surface area contributed by atoms with Crippen LogP contribution in [0.25, 0.3) is 10.9 Å². The summed E-state index contributed by atoms with van der Waals surface area (Å²) in [5.41, 5.74) is 0.721. The van der Waals surface area contributed by atoms with Gasteiger partial charge >= 0.3 is 0 Å². The van der Waals surface area contributed by atoms with Crippen molar-refractivity contribution in [1.29, 1.82) is 0 Å². The van der Waals surface area contributed by atoms with Crippen LogP contribution in [0.1, 0.15) is 0 Å². The van der Waals surface area contributed by atoms with Gasteiger partial charge in [-0.3, -0.25) is 0 Å². The molecule has 0 aliphatic rings. The maximum Gasteiger partial charge on any atom is 0.238 e. The average molecular weight is 350 g/mol. The Hall–Kier alpha value is -2.56. The lowest BCUT2D eigenvalue weighted by Gasteiger charge is -1.98. The molecule has 0 fully saturated rings. The van der Waals surface area contributed by atoms with Gasteiger partial charge in [0.1, 0.15) is 17.2 Å². The first-order valence-electron chi connectivity index (χ1n) is 6.20. The molecule has 0 bridgehead atoms. The number of primary sulfonamides is 1. The number of nitrogens with zero attached hydrogens (tertiary/aromatic N) is 3. The monoisotopic (exact) mass is 350 g/mol. The van der Waals surface area contributed by atoms with Crippen molar-refractivity contribution in [2.75, 3.05) is 0 Å². The molecule has 118 valence electrons. The van der Waals surface area contributed by atoms with E-state index >= 15 is 0 Å². The van der Waals surface area contributed by atoms with Crippen LogP contribution in [0.3, 0.4) is 0 Å². The van der Waals surface area contributed by atoms with Crippen LogP contribution < -0.4 is 5.14 Å². The summed E-state index contributed by atoms with van der Waals surface area (Å²) < 4.78 is 27.0. The second-order valence-electron chi connectivity index (χ2n) is 4.58. The Morgan fingerprint density at radius 3 is 2.57 bits per heavy atom. The van der Waals surface area contributed by atoms with Gasteiger partial charge in [0.15, 0.2) is 5.00 Å². The van der Waals surface area contributed by atoms with E-state index in [-0.39, 0.29) is 22.1 Å². The van der Waals surface area contributed by atoms with Gasteiger partial charge in [0.05, 0.1) is 10.4 Å². The number of fused-ring (bicyclic) bond motifs is 1. The lowest BCUT2D eigenvalue weighted by Crippen LogP contribution is -2.11. The molecule has 23 heavy (non-hydrogen) atoms. The molecule has 0 saturated heterocycles. The number of nitrogens with two attached hydrogens (primary N) is 1. The first-order chi connectivity index (χ1) is 10.8. The molecule has 0 spiro atoms. The number of hydrogen-bond acceptors (Lipinski definition) is 8. The van der Waals surface area contributed by atoms with Crippen LogP contribution in [-0.4, -0.2) is 23.0 Å². The highest BCUT2D eigenvalue weighted by Gasteiger charge is 2.12. The van der Waals surface area contributed by atoms with E-state index in [1.165, 1.54) is 30.3 Å². The number of azo groups is 1. The van der Waals surface area contributed by atoms with Gasteiger partial charge in [0, 0.05) is 11.5 Å². The topological polar surface area (TPSA) is 138 Å². The van der Waals surface area contributed by atoms with E-state index in [9.17, 15) is 18.6 Å². The lowest BCUT2D eigenvalue weighted by molar-refractivity contribution is 0.451. The summed E-state index contributed by atoms with van der Waals surface area (Å²) in [6.07, 6.45) is 0. The van der Waals surface area contributed by atoms with E-state index in [1.54, 1.807) is 0 Å². The van der Waals surface area contributed by atoms with Gasteiger partial charge in [-0.15, -0.1) is 10.2 Å². The third kappa shape index (κ3) is 3.13. The fourth-order valence-electron chi connectivity index (χ4n) is 1.85. The Kier molecular flexibility index (Phi) is 3.72. The van der Waals surface area contributed by atoms with E-state index in [1.807, 2.05) is 0 Å². The minimum absolute atomic E-state index is 0.0471. The van der Waals surface area contributed by atoms with Crippen LogP contribution >= 0.6 is 11.5 Å². The van der Waals surface area contributed by atoms with Crippen LogP contribution in [0, 0.1) is 0 Å². The number of phenolic OH excluding ortho intramolecular Hbond substituents is 2. The highest BCUT2D eigenvalue weighted by Crippen LogP contribution is 2.35. The van der Waals surface area contributed by atoms with Crippen LogP contribution in [0.15, 0.2) is 51.5 Å². The van der Waals surface area contributed by atoms with Crippen molar-refractivity contribution in [3.05, 3.63) is 36.4 Å². The Morgan fingerprint density at radius 1 is 1.09 bits per heavy atom. The van der Waals surface area contributed by atoms with Crippen molar-refractivity contribution in [1.82, 2.24) is 4.37 Å². The van der Waals surface area contributed by atoms with Crippen molar-refractivity contribution in [2.24, 2.45) is 15.4 Å². The second kappa shape index (κ2) is 5.57. The molecule has 8 nitrogen and oxygen atoms in total. The first-order valence-corrected chi connectivity index (χ1v) is 8.52. The van der Waals surface area contributed by atoms with E-state index < -0.39 is 10.0 Å². The average Bonchev–Trinajstić information content (AvgIpc) is 2.88. The molecular weight excluding hydrogens is 340 g/mol. The molecule has 0 unspecified atom stereocenters. The van der Waals surface area contributed by atoms with Crippen molar-refractivity contribution < 1.29 is 18.6 Å². The third-order valence-corrected chi connectivity index (χ3v) is 4.64. The Morgan fingerprint density at radius 2 is 1.87 bits per heavy atom. The molecule has 1 heterocycles. The summed E-state index contributed by atoms with van der Waals surface area (Å²) in [7, 11) is -3.83. The molecule has 3 rings (SSSR count). The van der Waals surface area contributed by atoms with Crippen molar-refractivity contribution >= 4 is 43.1 Å². The largest absolute Gasteiger partial charge is 0.508 e. The SMILES string of the molecule is NS(=O)(=O)c1ccc2nsc(/N=N/c3ccc(O)cc3O)c2c1. The number of hydrogen-bond donors (Lipinski definition) is 3. The fraction of sp³-hybridized carbons (Fsp3) is 0. The maximum absolute atomic E-state index is 11.4. The molecule has 0 aliphatic heterocycles. The zero-order chi connectivity index (χ0) is 16.6. The van der Waals surface area contributed by atoms with Crippen molar-refractivity contribution in [2.45, 2.75) is 4.90 Å². The highest BCUT2D eigenvalue weighted by atomic mass is 32.2. The van der Waals surface area contributed by atoms with E-state index in [0.29, 0.717) is 15.9 Å². The predicted molar refractivity (Wildman–Crippen MR) is 84.9 cm³/mol. The maximum atomic E-state index is 11.4. The van der Waals surface area contributed by atoms with E-state index in [4.69, 9.17) is 5.14 Å². The molecule has 10 heteroatoms. The highest BCUT2D eigenvalue weighted by molar-refractivity contribution is 7.89. The number of phenols is 2. The summed E-state index contributed by atoms with van der Waals surface area (Å²) in [5.74, 6) is -0.324. The molecule has 2 aromatic carbocycles. The van der Waals surface area contributed by atoms with Crippen LogP contribution in [0.5, 0.6) is 11.5 Å². The quantitative estimate of drug-likeness (QED) is 0.623. The second-order valence-corrected chi connectivity index (χ2v) is 6.90. The van der Waals surface area contributed by atoms with Crippen LogP contribution in [-0.2, 0) is 10.0 Å². The third-order valence-electron chi connectivity index (χ3n) is 2.96. The van der Waals surface area contributed by atoms with Gasteiger partial charge in [0.25, 0.3) is 0 Å². The fourth-order valence-corrected chi connectivity index (χ4v) is 3.08. The zero-order valence-electron chi connectivity index (χ0n) is 11.4. The van der Waals surface area contributed by atoms with Gasteiger partial charge < -0.3 is 10.2 Å². The number of rotatable bonds is 3. The zero-order valence-corrected chi connectivity index (χ0v) is 13.0. The molecule has 4 N–H and O–H groups in total. The Balaban J connectivity index is 2.04. The molecule has 0 saturated carbocycles. The summed E-state index contributed by atoms with van der Waals surface area (Å²) in [6, 6.07) is 8.16. The summed E-state index contributed by atoms with van der Waals surface area (Å²) in [6.45, 7) is 0. The Bertz CT molecular complexity index is 1030. The van der Waals surface area contributed by atoms with E-state index in [0.717, 1.165) is 17.6 Å². The molecule has 0 atom stereocenters. The van der Waals surface area contributed by atoms with Crippen molar-refractivity contribution in [3.8, 4) is 11.5 Å². The number of aromatic nitrogens is 1. The molecular formula is C13H10N4O4S2. The van der Waals surface area contributed by atoms with Gasteiger partial charge in [-0.05, 0) is 41.9 Å². The molecule has 0 radical (unpaired) electrons. The van der Waals surface area contributed by atoms with Crippen molar-refractivity contribution in [3.63, 3.8) is 0 Å². The predicted octanol–water partition coefficient (Wildman–Crippen LogP) is 2.77. The smallest absolute Gasteiger partial charge is 0.238 e. The number of aromatic hydroxyl groups is 2. The van der Waals surface area contributed by atoms with Crippen LogP contribution in [0.2, 0.25) is 0 Å². The lowest BCUT2D eigenvalue weighted by atomic mass is 10.2. The number of sulfonamides is 1. The van der Waals surface area contributed by atoms with Gasteiger partial charge in [-0.1, -0.05) is 0 Å². The molecule has 0 aliphatic carbocycles. The van der Waals surface area contributed by atoms with Gasteiger partial charge in [-0.25, -0.2) is 13.6 Å². The number of benzene rings is 2. The summed E-state index contributed by atoms with van der Waals surface area (Å²) in [5, 5.41) is 32.7. The Labute approximate surface area is 134 Å². The molecule has 1 aromatic heterocycles. The minimum Gasteiger partial charge on any atom is -0.508 e. The standard InChI is InChI=1S/C13H10N4O4S2/c14-23(20,21)8-2-4-10-9(6-8)13(22-17-10)16-15-11-3-1-7(18)5-12(11)19/h1-6,18-19H,(H2,14,20,21)/b16-15+. The minimum atomic E-state index is -3.83. The van der Waals surface area contributed by atoms with Gasteiger partial charge in [-0.2, -0.15) is 4.37 Å². The summed E-state index contributed by atoms with van der Waals surface area (Å²) >= 11 is 1.03. The van der Waals surface area contributed by atoms with E-state index in [2.05, 4.69) is 14.6 Å². The summed E-state index contributed by atoms with van der Waals surface area (Å²) in [4.78, 5) is -0.0471. The molecule has 3 aromatic rings. The normalized spacial score (nSPS) is 12.2. The van der Waals surface area contributed by atoms with Crippen LogP contribution in [0.4, 0.5) is 10.7 Å². The van der Waals surface area contributed by atoms with Gasteiger partial charge in [0.2, 0.25) is 10.0 Å². The molecule has 0 amide bonds. The first kappa shape index (κ1) is 15.3.